The van der Waals surface area contributed by atoms with E-state index in [2.05, 4.69) is 0 Å². The van der Waals surface area contributed by atoms with Crippen LogP contribution >= 0.6 is 11.6 Å². The zero-order valence-corrected chi connectivity index (χ0v) is 19.0. The van der Waals surface area contributed by atoms with Gasteiger partial charge in [0.1, 0.15) is 11.3 Å². The van der Waals surface area contributed by atoms with Crippen LogP contribution in [0.2, 0.25) is 5.02 Å². The number of ketones is 1. The number of furan rings is 1. The van der Waals surface area contributed by atoms with Crippen LogP contribution in [-0.4, -0.2) is 28.8 Å². The lowest BCUT2D eigenvalue weighted by Crippen LogP contribution is -2.30. The summed E-state index contributed by atoms with van der Waals surface area (Å²) in [6, 6.07) is 22.2. The molecule has 0 radical (unpaired) electrons. The number of aliphatic hydroxyl groups excluding tert-OH is 1. The van der Waals surface area contributed by atoms with E-state index in [0.717, 1.165) is 5.56 Å². The summed E-state index contributed by atoms with van der Waals surface area (Å²) >= 11 is 6.06. The quantitative estimate of drug-likeness (QED) is 0.354. The molecule has 4 aromatic rings. The molecule has 0 spiro atoms. The third kappa shape index (κ3) is 3.82. The highest BCUT2D eigenvalue weighted by atomic mass is 35.5. The van der Waals surface area contributed by atoms with E-state index in [1.165, 1.54) is 4.90 Å². The predicted octanol–water partition coefficient (Wildman–Crippen LogP) is 5.87. The Kier molecular flexibility index (Phi) is 5.59. The lowest BCUT2D eigenvalue weighted by atomic mass is 9.95. The second kappa shape index (κ2) is 8.72. The highest BCUT2D eigenvalue weighted by Gasteiger charge is 2.44. The van der Waals surface area contributed by atoms with Gasteiger partial charge in [0.2, 0.25) is 5.78 Å². The SMILES string of the molecule is COc1ccc(CN2C(=O)C(O)=C(C(=O)c3cc4cc(Cl)ccc4o3)C2c2ccccc2)cc1. The Bertz CT molecular complexity index is 1420. The lowest BCUT2D eigenvalue weighted by Gasteiger charge is -2.26. The molecule has 1 aliphatic rings. The van der Waals surface area contributed by atoms with Crippen LogP contribution in [0.3, 0.4) is 0 Å². The molecule has 5 rings (SSSR count). The number of carbonyl (C=O) groups is 2. The van der Waals surface area contributed by atoms with E-state index in [1.807, 2.05) is 42.5 Å². The van der Waals surface area contributed by atoms with Crippen molar-refractivity contribution in [3.63, 3.8) is 0 Å². The first kappa shape index (κ1) is 21.8. The molecule has 1 unspecified atom stereocenters. The first-order valence-corrected chi connectivity index (χ1v) is 11.0. The summed E-state index contributed by atoms with van der Waals surface area (Å²) in [5, 5.41) is 12.0. The molecule has 0 bridgehead atoms. The number of aliphatic hydroxyl groups is 1. The van der Waals surface area contributed by atoms with E-state index in [4.69, 9.17) is 20.8 Å². The van der Waals surface area contributed by atoms with Gasteiger partial charge in [-0.3, -0.25) is 9.59 Å². The van der Waals surface area contributed by atoms with E-state index in [1.54, 1.807) is 43.5 Å². The van der Waals surface area contributed by atoms with Crippen LogP contribution in [0.15, 0.2) is 94.6 Å². The number of rotatable bonds is 6. The average Bonchev–Trinajstić information content (AvgIpc) is 3.39. The second-order valence-electron chi connectivity index (χ2n) is 7.98. The first-order chi connectivity index (χ1) is 16.5. The van der Waals surface area contributed by atoms with Gasteiger partial charge in [-0.1, -0.05) is 54.1 Å². The normalized spacial score (nSPS) is 15.9. The van der Waals surface area contributed by atoms with Crippen LogP contribution in [-0.2, 0) is 11.3 Å². The molecule has 0 saturated heterocycles. The lowest BCUT2D eigenvalue weighted by molar-refractivity contribution is -0.130. The van der Waals surface area contributed by atoms with E-state index in [-0.39, 0.29) is 17.9 Å². The summed E-state index contributed by atoms with van der Waals surface area (Å²) in [5.74, 6) is -1.03. The summed E-state index contributed by atoms with van der Waals surface area (Å²) in [6.45, 7) is 0.193. The number of halogens is 1. The largest absolute Gasteiger partial charge is 0.503 e. The molecular formula is C27H20ClNO5. The molecule has 7 heteroatoms. The fraction of sp³-hybridized carbons (Fsp3) is 0.111. The molecule has 1 amide bonds. The number of Topliss-reactive ketones (excluding diaryl/α,β-unsaturated/α-hetero) is 1. The molecule has 6 nitrogen and oxygen atoms in total. The number of hydrogen-bond acceptors (Lipinski definition) is 5. The van der Waals surface area contributed by atoms with Gasteiger partial charge in [0.05, 0.1) is 18.7 Å². The zero-order valence-electron chi connectivity index (χ0n) is 18.2. The number of ether oxygens (including phenoxy) is 1. The fourth-order valence-electron chi connectivity index (χ4n) is 4.22. The minimum Gasteiger partial charge on any atom is -0.503 e. The van der Waals surface area contributed by atoms with Crippen LogP contribution in [0.25, 0.3) is 11.0 Å². The van der Waals surface area contributed by atoms with Gasteiger partial charge in [0.25, 0.3) is 5.91 Å². The molecule has 1 N–H and O–H groups in total. The van der Waals surface area contributed by atoms with Gasteiger partial charge in [-0.2, -0.15) is 0 Å². The minimum atomic E-state index is -0.778. The van der Waals surface area contributed by atoms with Gasteiger partial charge in [-0.15, -0.1) is 0 Å². The van der Waals surface area contributed by atoms with E-state index < -0.39 is 23.5 Å². The molecule has 0 fully saturated rings. The van der Waals surface area contributed by atoms with Crippen LogP contribution in [0.5, 0.6) is 5.75 Å². The van der Waals surface area contributed by atoms with Crippen LogP contribution in [0.4, 0.5) is 0 Å². The molecule has 3 aromatic carbocycles. The summed E-state index contributed by atoms with van der Waals surface area (Å²) in [5.41, 5.74) is 2.00. The standard InChI is InChI=1S/C27H20ClNO5/c1-33-20-10-7-16(8-11-20)15-29-24(17-5-3-2-4-6-17)23(26(31)27(29)32)25(30)22-14-18-13-19(28)9-12-21(18)34-22/h2-14,24,31H,15H2,1H3. The summed E-state index contributed by atoms with van der Waals surface area (Å²) in [4.78, 5) is 28.2. The maximum absolute atomic E-state index is 13.6. The molecule has 1 atom stereocenters. The highest BCUT2D eigenvalue weighted by molar-refractivity contribution is 6.31. The maximum Gasteiger partial charge on any atom is 0.290 e. The summed E-state index contributed by atoms with van der Waals surface area (Å²) in [6.07, 6.45) is 0. The molecule has 170 valence electrons. The zero-order chi connectivity index (χ0) is 23.8. The molecule has 34 heavy (non-hydrogen) atoms. The van der Waals surface area contributed by atoms with Gasteiger partial charge >= 0.3 is 0 Å². The highest BCUT2D eigenvalue weighted by Crippen LogP contribution is 2.40. The monoisotopic (exact) mass is 473 g/mol. The molecule has 0 aliphatic carbocycles. The van der Waals surface area contributed by atoms with Crippen LogP contribution < -0.4 is 4.74 Å². The number of benzene rings is 3. The third-order valence-corrected chi connectivity index (χ3v) is 6.11. The predicted molar refractivity (Wildman–Crippen MR) is 128 cm³/mol. The summed E-state index contributed by atoms with van der Waals surface area (Å²) in [7, 11) is 1.58. The van der Waals surface area contributed by atoms with Crippen LogP contribution in [0.1, 0.15) is 27.7 Å². The number of amides is 1. The summed E-state index contributed by atoms with van der Waals surface area (Å²) < 4.78 is 11.0. The minimum absolute atomic E-state index is 0.0186. The number of carbonyl (C=O) groups excluding carboxylic acids is 2. The van der Waals surface area contributed by atoms with Gasteiger partial charge in [-0.25, -0.2) is 0 Å². The number of fused-ring (bicyclic) bond motifs is 1. The Labute approximate surface area is 200 Å². The maximum atomic E-state index is 13.6. The molecule has 1 aliphatic heterocycles. The van der Waals surface area contributed by atoms with Crippen molar-refractivity contribution in [2.24, 2.45) is 0 Å². The van der Waals surface area contributed by atoms with Gasteiger partial charge in [-0.05, 0) is 47.5 Å². The van der Waals surface area contributed by atoms with Crippen LogP contribution in [0, 0.1) is 0 Å². The number of hydrogen-bond donors (Lipinski definition) is 1. The van der Waals surface area contributed by atoms with Crippen molar-refractivity contribution in [1.82, 2.24) is 4.90 Å². The Hall–Kier alpha value is -4.03. The Morgan fingerprint density at radius 2 is 1.79 bits per heavy atom. The topological polar surface area (TPSA) is 80.0 Å². The van der Waals surface area contributed by atoms with Crippen molar-refractivity contribution in [1.29, 1.82) is 0 Å². The Balaban J connectivity index is 1.56. The number of methoxy groups -OCH3 is 1. The van der Waals surface area contributed by atoms with Gasteiger partial charge in [0, 0.05) is 17.0 Å². The second-order valence-corrected chi connectivity index (χ2v) is 8.41. The van der Waals surface area contributed by atoms with Crippen molar-refractivity contribution in [2.45, 2.75) is 12.6 Å². The molecule has 0 saturated carbocycles. The van der Waals surface area contributed by atoms with E-state index >= 15 is 0 Å². The first-order valence-electron chi connectivity index (χ1n) is 10.6. The van der Waals surface area contributed by atoms with Crippen molar-refractivity contribution >= 4 is 34.3 Å². The smallest absolute Gasteiger partial charge is 0.290 e. The average molecular weight is 474 g/mol. The van der Waals surface area contributed by atoms with E-state index in [0.29, 0.717) is 27.3 Å². The Morgan fingerprint density at radius 3 is 2.50 bits per heavy atom. The Morgan fingerprint density at radius 1 is 1.06 bits per heavy atom. The molecule has 2 heterocycles. The fourth-order valence-corrected chi connectivity index (χ4v) is 4.40. The van der Waals surface area contributed by atoms with Crippen molar-refractivity contribution in [2.75, 3.05) is 7.11 Å². The molecular weight excluding hydrogens is 454 g/mol. The van der Waals surface area contributed by atoms with Gasteiger partial charge < -0.3 is 19.2 Å². The third-order valence-electron chi connectivity index (χ3n) is 5.88. The van der Waals surface area contributed by atoms with Crippen molar-refractivity contribution in [3.05, 3.63) is 112 Å². The molecule has 1 aromatic heterocycles. The number of nitrogens with zero attached hydrogens (tertiary/aromatic N) is 1. The van der Waals surface area contributed by atoms with Crippen molar-refractivity contribution in [3.8, 4) is 5.75 Å². The van der Waals surface area contributed by atoms with Gasteiger partial charge in [0.15, 0.2) is 11.5 Å². The van der Waals surface area contributed by atoms with E-state index in [9.17, 15) is 14.7 Å². The van der Waals surface area contributed by atoms with Crippen molar-refractivity contribution < 1.29 is 23.8 Å².